The summed E-state index contributed by atoms with van der Waals surface area (Å²) in [5.41, 5.74) is 8.41. The molecule has 0 aliphatic carbocycles. The van der Waals surface area contributed by atoms with Gasteiger partial charge in [0, 0.05) is 38.2 Å². The van der Waals surface area contributed by atoms with E-state index in [0.29, 0.717) is 48.7 Å². The van der Waals surface area contributed by atoms with Gasteiger partial charge >= 0.3 is 0 Å². The van der Waals surface area contributed by atoms with Gasteiger partial charge in [0.1, 0.15) is 23.9 Å². The first-order valence-corrected chi connectivity index (χ1v) is 11.9. The Morgan fingerprint density at radius 2 is 2.09 bits per heavy atom. The standard InChI is InChI=1S/C23H23ClN6O3S/c1-32-12-19-23(31)30(10-14-2-3-16-17(8-14)26-13-27-22(16)25)7-6-29(19)11-15-9-18(28-33-15)20-4-5-21(24)34-20/h2-5,8-9,13,19H,6-7,10-12H2,1H3,(H2,25,26,27). The number of methoxy groups -OCH3 is 1. The summed E-state index contributed by atoms with van der Waals surface area (Å²) in [5, 5.41) is 4.96. The van der Waals surface area contributed by atoms with Crippen LogP contribution in [0.5, 0.6) is 0 Å². The van der Waals surface area contributed by atoms with E-state index < -0.39 is 6.04 Å². The second-order valence-electron chi connectivity index (χ2n) is 8.09. The predicted molar refractivity (Wildman–Crippen MR) is 130 cm³/mol. The molecule has 1 aromatic carbocycles. The molecular formula is C23H23ClN6O3S. The summed E-state index contributed by atoms with van der Waals surface area (Å²) < 4.78 is 11.6. The number of aromatic nitrogens is 3. The zero-order valence-corrected chi connectivity index (χ0v) is 20.1. The summed E-state index contributed by atoms with van der Waals surface area (Å²) in [6.45, 7) is 2.51. The summed E-state index contributed by atoms with van der Waals surface area (Å²) in [6, 6.07) is 11.0. The normalized spacial score (nSPS) is 17.1. The average Bonchev–Trinajstić information content (AvgIpc) is 3.47. The number of thiophene rings is 1. The van der Waals surface area contributed by atoms with Gasteiger partial charge in [-0.1, -0.05) is 22.8 Å². The lowest BCUT2D eigenvalue weighted by Gasteiger charge is -2.40. The first-order valence-electron chi connectivity index (χ1n) is 10.7. The topological polar surface area (TPSA) is 111 Å². The van der Waals surface area contributed by atoms with Crippen LogP contribution in [0, 0.1) is 0 Å². The Hall–Kier alpha value is -3.05. The Labute approximate surface area is 205 Å². The van der Waals surface area contributed by atoms with Crippen molar-refractivity contribution in [2.24, 2.45) is 0 Å². The summed E-state index contributed by atoms with van der Waals surface area (Å²) in [5.74, 6) is 1.15. The molecule has 9 nitrogen and oxygen atoms in total. The molecule has 0 bridgehead atoms. The molecule has 1 aliphatic rings. The third-order valence-electron chi connectivity index (χ3n) is 5.87. The van der Waals surface area contributed by atoms with E-state index in [9.17, 15) is 4.79 Å². The smallest absolute Gasteiger partial charge is 0.242 e. The number of fused-ring (bicyclic) bond motifs is 1. The summed E-state index contributed by atoms with van der Waals surface area (Å²) in [7, 11) is 1.60. The van der Waals surface area contributed by atoms with Crippen LogP contribution < -0.4 is 5.73 Å². The molecule has 4 aromatic rings. The zero-order chi connectivity index (χ0) is 23.7. The molecule has 1 aliphatic heterocycles. The van der Waals surface area contributed by atoms with Gasteiger partial charge in [0.25, 0.3) is 0 Å². The first-order chi connectivity index (χ1) is 16.5. The fourth-order valence-electron chi connectivity index (χ4n) is 4.16. The van der Waals surface area contributed by atoms with E-state index in [2.05, 4.69) is 20.0 Å². The number of carbonyl (C=O) groups is 1. The monoisotopic (exact) mass is 498 g/mol. The third-order valence-corrected chi connectivity index (χ3v) is 7.12. The SMILES string of the molecule is COCC1C(=O)N(Cc2ccc3c(N)ncnc3c2)CCN1Cc1cc(-c2ccc(Cl)s2)no1. The highest BCUT2D eigenvalue weighted by atomic mass is 35.5. The molecule has 0 radical (unpaired) electrons. The molecule has 5 rings (SSSR count). The van der Waals surface area contributed by atoms with Crippen molar-refractivity contribution in [1.82, 2.24) is 24.9 Å². The van der Waals surface area contributed by atoms with E-state index in [1.165, 1.54) is 17.7 Å². The van der Waals surface area contributed by atoms with Gasteiger partial charge in [-0.25, -0.2) is 9.97 Å². The molecule has 1 unspecified atom stereocenters. The van der Waals surface area contributed by atoms with Crippen LogP contribution >= 0.6 is 22.9 Å². The summed E-state index contributed by atoms with van der Waals surface area (Å²) in [6.07, 6.45) is 1.45. The lowest BCUT2D eigenvalue weighted by molar-refractivity contribution is -0.145. The van der Waals surface area contributed by atoms with Crippen molar-refractivity contribution in [3.63, 3.8) is 0 Å². The van der Waals surface area contributed by atoms with E-state index in [0.717, 1.165) is 27.0 Å². The van der Waals surface area contributed by atoms with Crippen molar-refractivity contribution < 1.29 is 14.1 Å². The molecule has 34 heavy (non-hydrogen) atoms. The molecule has 1 saturated heterocycles. The van der Waals surface area contributed by atoms with Crippen LogP contribution in [-0.2, 0) is 22.6 Å². The highest BCUT2D eigenvalue weighted by molar-refractivity contribution is 7.19. The van der Waals surface area contributed by atoms with Crippen molar-refractivity contribution in [3.05, 3.63) is 58.4 Å². The molecule has 4 heterocycles. The molecule has 1 amide bonds. The number of benzene rings is 1. The number of carbonyl (C=O) groups excluding carboxylic acids is 1. The number of nitrogens with two attached hydrogens (primary N) is 1. The minimum absolute atomic E-state index is 0.0141. The van der Waals surface area contributed by atoms with Crippen molar-refractivity contribution in [1.29, 1.82) is 0 Å². The highest BCUT2D eigenvalue weighted by Gasteiger charge is 2.35. The van der Waals surface area contributed by atoms with Crippen LogP contribution in [-0.4, -0.2) is 63.7 Å². The van der Waals surface area contributed by atoms with Gasteiger partial charge in [0.15, 0.2) is 5.76 Å². The number of nitrogens with zero attached hydrogens (tertiary/aromatic N) is 5. The van der Waals surface area contributed by atoms with E-state index in [4.69, 9.17) is 26.6 Å². The Kier molecular flexibility index (Phi) is 6.46. The number of ether oxygens (including phenoxy) is 1. The van der Waals surface area contributed by atoms with Crippen molar-refractivity contribution in [2.75, 3.05) is 32.5 Å². The predicted octanol–water partition coefficient (Wildman–Crippen LogP) is 3.44. The van der Waals surface area contributed by atoms with Crippen LogP contribution in [0.15, 0.2) is 47.2 Å². The largest absolute Gasteiger partial charge is 0.383 e. The van der Waals surface area contributed by atoms with E-state index in [1.807, 2.05) is 41.3 Å². The van der Waals surface area contributed by atoms with Crippen LogP contribution in [0.1, 0.15) is 11.3 Å². The minimum Gasteiger partial charge on any atom is -0.383 e. The lowest BCUT2D eigenvalue weighted by atomic mass is 10.1. The number of nitrogen functional groups attached to an aromatic ring is 1. The fraction of sp³-hybridized carbons (Fsp3) is 0.304. The van der Waals surface area contributed by atoms with Gasteiger partial charge in [-0.15, -0.1) is 11.3 Å². The average molecular weight is 499 g/mol. The molecule has 1 atom stereocenters. The molecule has 2 N–H and O–H groups in total. The van der Waals surface area contributed by atoms with Crippen molar-refractivity contribution in [2.45, 2.75) is 19.1 Å². The number of amides is 1. The van der Waals surface area contributed by atoms with Crippen molar-refractivity contribution in [3.8, 4) is 10.6 Å². The Morgan fingerprint density at radius 1 is 1.21 bits per heavy atom. The highest BCUT2D eigenvalue weighted by Crippen LogP contribution is 2.31. The van der Waals surface area contributed by atoms with Gasteiger partial charge in [0.2, 0.25) is 5.91 Å². The zero-order valence-electron chi connectivity index (χ0n) is 18.5. The van der Waals surface area contributed by atoms with Gasteiger partial charge < -0.3 is 19.9 Å². The van der Waals surface area contributed by atoms with Gasteiger partial charge in [0.05, 0.1) is 27.9 Å². The third kappa shape index (κ3) is 4.62. The van der Waals surface area contributed by atoms with E-state index >= 15 is 0 Å². The number of hydrogen-bond donors (Lipinski definition) is 1. The second kappa shape index (κ2) is 9.67. The van der Waals surface area contributed by atoms with E-state index in [1.54, 1.807) is 7.11 Å². The fourth-order valence-corrected chi connectivity index (χ4v) is 5.16. The number of hydrogen-bond acceptors (Lipinski definition) is 9. The van der Waals surface area contributed by atoms with Gasteiger partial charge in [-0.2, -0.15) is 0 Å². The van der Waals surface area contributed by atoms with Crippen LogP contribution in [0.3, 0.4) is 0 Å². The van der Waals surface area contributed by atoms with Crippen molar-refractivity contribution >= 4 is 45.6 Å². The molecule has 0 spiro atoms. The molecule has 11 heteroatoms. The van der Waals surface area contributed by atoms with Crippen LogP contribution in [0.25, 0.3) is 21.5 Å². The molecule has 176 valence electrons. The number of anilines is 1. The Bertz CT molecular complexity index is 1330. The van der Waals surface area contributed by atoms with E-state index in [-0.39, 0.29) is 5.91 Å². The molecule has 1 fully saturated rings. The van der Waals surface area contributed by atoms with Crippen LogP contribution in [0.2, 0.25) is 4.34 Å². The molecular weight excluding hydrogens is 476 g/mol. The lowest BCUT2D eigenvalue weighted by Crippen LogP contribution is -2.57. The second-order valence-corrected chi connectivity index (χ2v) is 9.81. The summed E-state index contributed by atoms with van der Waals surface area (Å²) in [4.78, 5) is 26.6. The van der Waals surface area contributed by atoms with Gasteiger partial charge in [-0.3, -0.25) is 9.69 Å². The number of halogens is 1. The maximum atomic E-state index is 13.4. The first kappa shape index (κ1) is 22.7. The van der Waals surface area contributed by atoms with Crippen LogP contribution in [0.4, 0.5) is 5.82 Å². The quantitative estimate of drug-likeness (QED) is 0.412. The number of piperazine rings is 1. The number of rotatable bonds is 7. The maximum Gasteiger partial charge on any atom is 0.242 e. The molecule has 3 aromatic heterocycles. The molecule has 0 saturated carbocycles. The minimum atomic E-state index is -0.415. The Balaban J connectivity index is 1.29. The summed E-state index contributed by atoms with van der Waals surface area (Å²) >= 11 is 7.48. The maximum absolute atomic E-state index is 13.4. The van der Waals surface area contributed by atoms with Gasteiger partial charge in [-0.05, 0) is 29.8 Å². The Morgan fingerprint density at radius 3 is 2.88 bits per heavy atom.